The number of hydrogen-bond donors (Lipinski definition) is 1. The molecule has 2 amide bonds. The highest BCUT2D eigenvalue weighted by Crippen LogP contribution is 2.48. The van der Waals surface area contributed by atoms with E-state index in [1.807, 2.05) is 79.4 Å². The maximum Gasteiger partial charge on any atom is 0.254 e. The van der Waals surface area contributed by atoms with Gasteiger partial charge < -0.3 is 19.7 Å². The lowest BCUT2D eigenvalue weighted by Gasteiger charge is -2.45. The van der Waals surface area contributed by atoms with Crippen LogP contribution in [0.3, 0.4) is 0 Å². The van der Waals surface area contributed by atoms with Gasteiger partial charge in [-0.05, 0) is 73.2 Å². The Kier molecular flexibility index (Phi) is 6.68. The van der Waals surface area contributed by atoms with Crippen LogP contribution in [0.1, 0.15) is 65.3 Å². The van der Waals surface area contributed by atoms with Crippen molar-refractivity contribution in [3.63, 3.8) is 0 Å². The van der Waals surface area contributed by atoms with Gasteiger partial charge in [0.15, 0.2) is 11.5 Å². The van der Waals surface area contributed by atoms with E-state index in [4.69, 9.17) is 9.47 Å². The van der Waals surface area contributed by atoms with E-state index in [9.17, 15) is 9.59 Å². The summed E-state index contributed by atoms with van der Waals surface area (Å²) >= 11 is 0. The molecule has 0 unspecified atom stereocenters. The molecule has 0 aliphatic carbocycles. The van der Waals surface area contributed by atoms with Gasteiger partial charge in [-0.1, -0.05) is 43.3 Å². The Morgan fingerprint density at radius 3 is 2.39 bits per heavy atom. The van der Waals surface area contributed by atoms with E-state index in [0.717, 1.165) is 34.4 Å². The van der Waals surface area contributed by atoms with Crippen molar-refractivity contribution < 1.29 is 19.1 Å². The molecule has 0 fully saturated rings. The molecule has 5 rings (SSSR count). The van der Waals surface area contributed by atoms with E-state index in [2.05, 4.69) is 12.2 Å². The average Bonchev–Trinajstić information content (AvgIpc) is 2.90. The van der Waals surface area contributed by atoms with Crippen LogP contribution in [0.15, 0.2) is 60.7 Å². The molecule has 0 spiro atoms. The number of amides is 2. The lowest BCUT2D eigenvalue weighted by Crippen LogP contribution is -2.49. The number of carbonyl (C=O) groups excluding carboxylic acids is 2. The van der Waals surface area contributed by atoms with E-state index in [-0.39, 0.29) is 11.8 Å². The summed E-state index contributed by atoms with van der Waals surface area (Å²) in [5.41, 5.74) is 5.27. The molecule has 0 saturated heterocycles. The fourth-order valence-electron chi connectivity index (χ4n) is 5.51. The zero-order chi connectivity index (χ0) is 25.2. The summed E-state index contributed by atoms with van der Waals surface area (Å²) in [4.78, 5) is 29.5. The smallest absolute Gasteiger partial charge is 0.254 e. The molecule has 0 aromatic heterocycles. The van der Waals surface area contributed by atoms with E-state index in [1.165, 1.54) is 0 Å². The predicted molar refractivity (Wildman–Crippen MR) is 140 cm³/mol. The van der Waals surface area contributed by atoms with Crippen LogP contribution >= 0.6 is 0 Å². The molecular weight excluding hydrogens is 452 g/mol. The van der Waals surface area contributed by atoms with E-state index >= 15 is 0 Å². The van der Waals surface area contributed by atoms with Crippen molar-refractivity contribution in [1.82, 2.24) is 4.90 Å². The number of benzene rings is 3. The monoisotopic (exact) mass is 484 g/mol. The molecule has 3 aromatic carbocycles. The van der Waals surface area contributed by atoms with Gasteiger partial charge in [0.1, 0.15) is 0 Å². The first-order chi connectivity index (χ1) is 17.6. The minimum atomic E-state index is -0.560. The van der Waals surface area contributed by atoms with Crippen LogP contribution in [-0.4, -0.2) is 36.5 Å². The first kappa shape index (κ1) is 23.9. The lowest BCUT2D eigenvalue weighted by molar-refractivity contribution is -0.119. The fourth-order valence-corrected chi connectivity index (χ4v) is 5.51. The van der Waals surface area contributed by atoms with Crippen molar-refractivity contribution in [3.05, 3.63) is 88.5 Å². The van der Waals surface area contributed by atoms with Crippen molar-refractivity contribution in [2.75, 3.05) is 25.1 Å². The second-order valence-corrected chi connectivity index (χ2v) is 9.12. The van der Waals surface area contributed by atoms with Gasteiger partial charge in [-0.2, -0.15) is 0 Å². The summed E-state index contributed by atoms with van der Waals surface area (Å²) in [6.07, 6.45) is 1.51. The number of rotatable bonds is 7. The minimum absolute atomic E-state index is 0.0360. The van der Waals surface area contributed by atoms with Gasteiger partial charge in [-0.15, -0.1) is 0 Å². The summed E-state index contributed by atoms with van der Waals surface area (Å²) in [6, 6.07) is 18.9. The fraction of sp³-hybridized carbons (Fsp3) is 0.333. The summed E-state index contributed by atoms with van der Waals surface area (Å²) in [6.45, 7) is 7.52. The molecule has 6 heteroatoms. The third kappa shape index (κ3) is 4.11. The third-order valence-corrected chi connectivity index (χ3v) is 7.12. The van der Waals surface area contributed by atoms with Gasteiger partial charge >= 0.3 is 0 Å². The Balaban J connectivity index is 1.64. The largest absolute Gasteiger partial charge is 0.490 e. The first-order valence-electron chi connectivity index (χ1n) is 12.8. The van der Waals surface area contributed by atoms with Crippen molar-refractivity contribution in [2.45, 2.75) is 45.6 Å². The molecule has 186 valence electrons. The van der Waals surface area contributed by atoms with Gasteiger partial charge in [-0.25, -0.2) is 0 Å². The SMILES string of the molecule is CCOc1cc2c(cc1OCC)[C@@H]1[C@@H](C(=O)Nc3ccccc3CC)c3ccccc3C(=O)N1CC2. The second kappa shape index (κ2) is 10.1. The molecule has 0 saturated carbocycles. The standard InChI is InChI=1S/C30H32N2O4/c1-4-19-11-7-10-14-24(19)31-29(33)27-21-12-8-9-13-22(21)30(34)32-16-15-20-17-25(35-5-2)26(36-6-3)18-23(20)28(27)32/h7-14,17-18,27-28H,4-6,15-16H2,1-3H3,(H,31,33)/t27-,28+/m0/s1. The lowest BCUT2D eigenvalue weighted by atomic mass is 9.75. The Bertz CT molecular complexity index is 1300. The van der Waals surface area contributed by atoms with Crippen molar-refractivity contribution in [1.29, 1.82) is 0 Å². The van der Waals surface area contributed by atoms with E-state index in [1.54, 1.807) is 0 Å². The zero-order valence-corrected chi connectivity index (χ0v) is 21.0. The highest BCUT2D eigenvalue weighted by molar-refractivity contribution is 6.04. The second-order valence-electron chi connectivity index (χ2n) is 9.12. The van der Waals surface area contributed by atoms with Crippen LogP contribution in [0.2, 0.25) is 0 Å². The molecule has 0 radical (unpaired) electrons. The van der Waals surface area contributed by atoms with Crippen molar-refractivity contribution in [3.8, 4) is 11.5 Å². The summed E-state index contributed by atoms with van der Waals surface area (Å²) < 4.78 is 11.8. The van der Waals surface area contributed by atoms with Gasteiger partial charge in [0.25, 0.3) is 5.91 Å². The van der Waals surface area contributed by atoms with Gasteiger partial charge in [0.05, 0.1) is 25.2 Å². The summed E-state index contributed by atoms with van der Waals surface area (Å²) in [5.74, 6) is 0.626. The van der Waals surface area contributed by atoms with Crippen molar-refractivity contribution >= 4 is 17.5 Å². The highest BCUT2D eigenvalue weighted by Gasteiger charge is 2.46. The van der Waals surface area contributed by atoms with Crippen molar-refractivity contribution in [2.24, 2.45) is 0 Å². The van der Waals surface area contributed by atoms with Crippen LogP contribution in [-0.2, 0) is 17.6 Å². The minimum Gasteiger partial charge on any atom is -0.490 e. The summed E-state index contributed by atoms with van der Waals surface area (Å²) in [5, 5.41) is 3.19. The van der Waals surface area contributed by atoms with Gasteiger partial charge in [-0.3, -0.25) is 9.59 Å². The predicted octanol–water partition coefficient (Wildman–Crippen LogP) is 5.52. The number of hydrogen-bond acceptors (Lipinski definition) is 4. The van der Waals surface area contributed by atoms with Crippen LogP contribution in [0.5, 0.6) is 11.5 Å². The van der Waals surface area contributed by atoms with Crippen LogP contribution in [0.4, 0.5) is 5.69 Å². The maximum atomic E-state index is 14.0. The number of ether oxygens (including phenoxy) is 2. The van der Waals surface area contributed by atoms with E-state index < -0.39 is 12.0 Å². The van der Waals surface area contributed by atoms with E-state index in [0.29, 0.717) is 43.2 Å². The normalized spacial score (nSPS) is 18.1. The molecule has 36 heavy (non-hydrogen) atoms. The molecular formula is C30H32N2O4. The van der Waals surface area contributed by atoms with Crippen LogP contribution < -0.4 is 14.8 Å². The number of anilines is 1. The molecule has 6 nitrogen and oxygen atoms in total. The molecule has 3 aromatic rings. The third-order valence-electron chi connectivity index (χ3n) is 7.12. The van der Waals surface area contributed by atoms with Crippen LogP contribution in [0.25, 0.3) is 0 Å². The molecule has 1 N–H and O–H groups in total. The first-order valence-corrected chi connectivity index (χ1v) is 12.8. The number of aryl methyl sites for hydroxylation is 1. The number of carbonyl (C=O) groups is 2. The molecule has 2 atom stereocenters. The Hall–Kier alpha value is -3.80. The quantitative estimate of drug-likeness (QED) is 0.479. The number of nitrogens with zero attached hydrogens (tertiary/aromatic N) is 1. The molecule has 2 aliphatic rings. The maximum absolute atomic E-state index is 14.0. The molecule has 0 bridgehead atoms. The van der Waals surface area contributed by atoms with Gasteiger partial charge in [0.2, 0.25) is 5.91 Å². The molecule has 2 aliphatic heterocycles. The van der Waals surface area contributed by atoms with Gasteiger partial charge in [0, 0.05) is 17.8 Å². The summed E-state index contributed by atoms with van der Waals surface area (Å²) in [7, 11) is 0. The topological polar surface area (TPSA) is 67.9 Å². The highest BCUT2D eigenvalue weighted by atomic mass is 16.5. The Morgan fingerprint density at radius 1 is 0.944 bits per heavy atom. The molecule has 2 heterocycles. The zero-order valence-electron chi connectivity index (χ0n) is 21.0. The average molecular weight is 485 g/mol. The number of fused-ring (bicyclic) bond motifs is 4. The Morgan fingerprint density at radius 2 is 1.64 bits per heavy atom. The number of para-hydroxylation sites is 1. The number of nitrogens with one attached hydrogen (secondary N) is 1. The Labute approximate surface area is 212 Å². The van der Waals surface area contributed by atoms with Crippen LogP contribution in [0, 0.1) is 0 Å².